The van der Waals surface area contributed by atoms with Crippen LogP contribution in [0.3, 0.4) is 0 Å². The summed E-state index contributed by atoms with van der Waals surface area (Å²) in [5, 5.41) is 3.23. The van der Waals surface area contributed by atoms with Gasteiger partial charge in [-0.15, -0.1) is 0 Å². The Balaban J connectivity index is 1.99. The molecule has 122 valence electrons. The van der Waals surface area contributed by atoms with Crippen LogP contribution in [0.15, 0.2) is 24.3 Å². The standard InChI is InChI=1S/C16H21F3N2O/c1-11(15(22)21-8-7-20-10-12(21)2)9-13-3-5-14(6-4-13)16(17,18)19/h3-6,11-12,20H,7-10H2,1-2H3/t11?,12-/m1/s1. The van der Waals surface area contributed by atoms with Gasteiger partial charge in [-0.3, -0.25) is 4.79 Å². The molecule has 1 N–H and O–H groups in total. The molecule has 1 unspecified atom stereocenters. The smallest absolute Gasteiger partial charge is 0.337 e. The number of carbonyl (C=O) groups is 1. The maximum Gasteiger partial charge on any atom is 0.416 e. The molecule has 22 heavy (non-hydrogen) atoms. The molecule has 0 bridgehead atoms. The molecule has 1 aromatic rings. The number of alkyl halides is 3. The summed E-state index contributed by atoms with van der Waals surface area (Å²) in [6.07, 6.45) is -3.87. The topological polar surface area (TPSA) is 32.3 Å². The van der Waals surface area contributed by atoms with Crippen LogP contribution in [0.25, 0.3) is 0 Å². The molecule has 0 aliphatic carbocycles. The Morgan fingerprint density at radius 2 is 2.00 bits per heavy atom. The number of amides is 1. The number of hydrogen-bond acceptors (Lipinski definition) is 2. The van der Waals surface area contributed by atoms with E-state index < -0.39 is 11.7 Å². The van der Waals surface area contributed by atoms with Crippen LogP contribution < -0.4 is 5.32 Å². The molecule has 0 radical (unpaired) electrons. The van der Waals surface area contributed by atoms with Crippen molar-refractivity contribution in [3.05, 3.63) is 35.4 Å². The van der Waals surface area contributed by atoms with Crippen LogP contribution >= 0.6 is 0 Å². The predicted octanol–water partition coefficient (Wildman–Crippen LogP) is 2.70. The molecule has 1 amide bonds. The summed E-state index contributed by atoms with van der Waals surface area (Å²) in [7, 11) is 0. The number of benzene rings is 1. The molecule has 0 aromatic heterocycles. The summed E-state index contributed by atoms with van der Waals surface area (Å²) >= 11 is 0. The highest BCUT2D eigenvalue weighted by atomic mass is 19.4. The Hall–Kier alpha value is -1.56. The summed E-state index contributed by atoms with van der Waals surface area (Å²) in [6.45, 7) is 6.06. The minimum atomic E-state index is -4.32. The van der Waals surface area contributed by atoms with Crippen LogP contribution in [-0.2, 0) is 17.4 Å². The first-order valence-corrected chi connectivity index (χ1v) is 7.46. The average molecular weight is 314 g/mol. The van der Waals surface area contributed by atoms with E-state index in [1.807, 2.05) is 18.7 Å². The number of carbonyl (C=O) groups excluding carboxylic acids is 1. The summed E-state index contributed by atoms with van der Waals surface area (Å²) < 4.78 is 37.6. The average Bonchev–Trinajstić information content (AvgIpc) is 2.46. The molecule has 1 fully saturated rings. The summed E-state index contributed by atoms with van der Waals surface area (Å²) in [5.41, 5.74) is 0.0857. The van der Waals surface area contributed by atoms with Gasteiger partial charge in [-0.25, -0.2) is 0 Å². The summed E-state index contributed by atoms with van der Waals surface area (Å²) in [6, 6.07) is 5.19. The number of hydrogen-bond donors (Lipinski definition) is 1. The number of nitrogens with one attached hydrogen (secondary N) is 1. The maximum atomic E-state index is 12.5. The molecule has 1 aromatic carbocycles. The van der Waals surface area contributed by atoms with Crippen molar-refractivity contribution in [3.63, 3.8) is 0 Å². The van der Waals surface area contributed by atoms with Gasteiger partial charge in [0.2, 0.25) is 5.91 Å². The molecule has 0 saturated carbocycles. The molecule has 1 saturated heterocycles. The molecule has 3 nitrogen and oxygen atoms in total. The van der Waals surface area contributed by atoms with E-state index in [1.165, 1.54) is 12.1 Å². The normalized spacial score (nSPS) is 20.8. The van der Waals surface area contributed by atoms with Crippen molar-refractivity contribution in [2.24, 2.45) is 5.92 Å². The van der Waals surface area contributed by atoms with Crippen LogP contribution in [0.5, 0.6) is 0 Å². The summed E-state index contributed by atoms with van der Waals surface area (Å²) in [4.78, 5) is 14.3. The van der Waals surface area contributed by atoms with Crippen molar-refractivity contribution in [2.45, 2.75) is 32.5 Å². The predicted molar refractivity (Wildman–Crippen MR) is 78.4 cm³/mol. The second-order valence-corrected chi connectivity index (χ2v) is 5.88. The van der Waals surface area contributed by atoms with E-state index in [2.05, 4.69) is 5.32 Å². The largest absolute Gasteiger partial charge is 0.416 e. The minimum Gasteiger partial charge on any atom is -0.337 e. The lowest BCUT2D eigenvalue weighted by Gasteiger charge is -2.35. The van der Waals surface area contributed by atoms with Crippen molar-refractivity contribution < 1.29 is 18.0 Å². The molecule has 6 heteroatoms. The van der Waals surface area contributed by atoms with Crippen molar-refractivity contribution in [1.82, 2.24) is 10.2 Å². The molecular weight excluding hydrogens is 293 g/mol. The first kappa shape index (κ1) is 16.8. The Bertz CT molecular complexity index is 513. The highest BCUT2D eigenvalue weighted by molar-refractivity contribution is 5.79. The molecule has 1 aliphatic heterocycles. The van der Waals surface area contributed by atoms with Gasteiger partial charge < -0.3 is 10.2 Å². The molecule has 1 heterocycles. The fourth-order valence-electron chi connectivity index (χ4n) is 2.72. The van der Waals surface area contributed by atoms with E-state index >= 15 is 0 Å². The number of nitrogens with zero attached hydrogens (tertiary/aromatic N) is 1. The van der Waals surface area contributed by atoms with E-state index in [1.54, 1.807) is 0 Å². The lowest BCUT2D eigenvalue weighted by atomic mass is 9.98. The number of halogens is 3. The molecule has 0 spiro atoms. The molecule has 2 rings (SSSR count). The van der Waals surface area contributed by atoms with Gasteiger partial charge in [-0.1, -0.05) is 19.1 Å². The fourth-order valence-corrected chi connectivity index (χ4v) is 2.72. The van der Waals surface area contributed by atoms with Gasteiger partial charge >= 0.3 is 6.18 Å². The lowest BCUT2D eigenvalue weighted by molar-refractivity contribution is -0.138. The highest BCUT2D eigenvalue weighted by Crippen LogP contribution is 2.29. The van der Waals surface area contributed by atoms with Crippen molar-refractivity contribution in [3.8, 4) is 0 Å². The zero-order valence-electron chi connectivity index (χ0n) is 12.8. The third kappa shape index (κ3) is 4.00. The lowest BCUT2D eigenvalue weighted by Crippen LogP contribution is -2.53. The van der Waals surface area contributed by atoms with Gasteiger partial charge in [-0.05, 0) is 31.0 Å². The first-order chi connectivity index (χ1) is 10.3. The van der Waals surface area contributed by atoms with Crippen LogP contribution in [0.1, 0.15) is 25.0 Å². The highest BCUT2D eigenvalue weighted by Gasteiger charge is 2.30. The van der Waals surface area contributed by atoms with Crippen molar-refractivity contribution in [1.29, 1.82) is 0 Å². The Morgan fingerprint density at radius 1 is 1.36 bits per heavy atom. The van der Waals surface area contributed by atoms with Gasteiger partial charge in [0.1, 0.15) is 0 Å². The molecular formula is C16H21F3N2O. The molecule has 1 aliphatic rings. The van der Waals surface area contributed by atoms with E-state index in [0.29, 0.717) is 13.0 Å². The third-order valence-electron chi connectivity index (χ3n) is 4.03. The van der Waals surface area contributed by atoms with Crippen LogP contribution in [-0.4, -0.2) is 36.5 Å². The van der Waals surface area contributed by atoms with Gasteiger partial charge in [0, 0.05) is 31.6 Å². The molecule has 2 atom stereocenters. The van der Waals surface area contributed by atoms with E-state index in [0.717, 1.165) is 30.8 Å². The zero-order chi connectivity index (χ0) is 16.3. The quantitative estimate of drug-likeness (QED) is 0.930. The van der Waals surface area contributed by atoms with E-state index in [9.17, 15) is 18.0 Å². The van der Waals surface area contributed by atoms with Gasteiger partial charge in [0.25, 0.3) is 0 Å². The maximum absolute atomic E-state index is 12.5. The van der Waals surface area contributed by atoms with Crippen LogP contribution in [0, 0.1) is 5.92 Å². The number of rotatable bonds is 3. The first-order valence-electron chi connectivity index (χ1n) is 7.46. The fraction of sp³-hybridized carbons (Fsp3) is 0.562. The number of piperazine rings is 1. The van der Waals surface area contributed by atoms with Gasteiger partial charge in [-0.2, -0.15) is 13.2 Å². The van der Waals surface area contributed by atoms with E-state index in [4.69, 9.17) is 0 Å². The Kier molecular flexibility index (Phi) is 5.11. The van der Waals surface area contributed by atoms with E-state index in [-0.39, 0.29) is 17.9 Å². The van der Waals surface area contributed by atoms with Gasteiger partial charge in [0.05, 0.1) is 5.56 Å². The Labute approximate surface area is 128 Å². The van der Waals surface area contributed by atoms with Crippen LogP contribution in [0.4, 0.5) is 13.2 Å². The van der Waals surface area contributed by atoms with Crippen molar-refractivity contribution >= 4 is 5.91 Å². The van der Waals surface area contributed by atoms with Crippen LogP contribution in [0.2, 0.25) is 0 Å². The second kappa shape index (κ2) is 6.69. The summed E-state index contributed by atoms with van der Waals surface area (Å²) in [5.74, 6) is -0.175. The SMILES string of the molecule is CC(Cc1ccc(C(F)(F)F)cc1)C(=O)N1CCNC[C@H]1C. The minimum absolute atomic E-state index is 0.0638. The Morgan fingerprint density at radius 3 is 2.55 bits per heavy atom. The zero-order valence-corrected chi connectivity index (χ0v) is 12.8. The second-order valence-electron chi connectivity index (χ2n) is 5.88. The van der Waals surface area contributed by atoms with Gasteiger partial charge in [0.15, 0.2) is 0 Å². The monoisotopic (exact) mass is 314 g/mol. The van der Waals surface area contributed by atoms with Crippen molar-refractivity contribution in [2.75, 3.05) is 19.6 Å². The third-order valence-corrected chi connectivity index (χ3v) is 4.03.